The van der Waals surface area contributed by atoms with Gasteiger partial charge in [0, 0.05) is 22.8 Å². The third-order valence-electron chi connectivity index (χ3n) is 3.58. The van der Waals surface area contributed by atoms with Crippen LogP contribution in [0.5, 0.6) is 5.75 Å². The molecule has 0 aromatic heterocycles. The summed E-state index contributed by atoms with van der Waals surface area (Å²) < 4.78 is 10.1. The summed E-state index contributed by atoms with van der Waals surface area (Å²) >= 11 is 1.38. The maximum Gasteiger partial charge on any atom is 0.315 e. The fourth-order valence-electron chi connectivity index (χ4n) is 2.33. The summed E-state index contributed by atoms with van der Waals surface area (Å²) in [7, 11) is 2.95. The van der Waals surface area contributed by atoms with Gasteiger partial charge in [-0.15, -0.1) is 11.8 Å². The fraction of sp³-hybridized carbons (Fsp3) is 0.263. The smallest absolute Gasteiger partial charge is 0.315 e. The number of para-hydroxylation sites is 1. The predicted molar refractivity (Wildman–Crippen MR) is 95.6 cm³/mol. The summed E-state index contributed by atoms with van der Waals surface area (Å²) in [4.78, 5) is 24.1. The maximum atomic E-state index is 12.6. The van der Waals surface area contributed by atoms with Gasteiger partial charge in [0.15, 0.2) is 5.78 Å². The van der Waals surface area contributed by atoms with Gasteiger partial charge in [-0.25, -0.2) is 0 Å². The summed E-state index contributed by atoms with van der Waals surface area (Å²) in [5, 5.41) is -0.187. The number of ether oxygens (including phenoxy) is 2. The average molecular weight is 344 g/mol. The van der Waals surface area contributed by atoms with Gasteiger partial charge in [-0.1, -0.05) is 48.5 Å². The molecule has 24 heavy (non-hydrogen) atoms. The first-order chi connectivity index (χ1) is 11.7. The van der Waals surface area contributed by atoms with Crippen molar-refractivity contribution < 1.29 is 19.1 Å². The van der Waals surface area contributed by atoms with Crippen LogP contribution in [0.2, 0.25) is 0 Å². The first kappa shape index (κ1) is 18.1. The highest BCUT2D eigenvalue weighted by Crippen LogP contribution is 2.38. The van der Waals surface area contributed by atoms with E-state index in [4.69, 9.17) is 9.47 Å². The maximum absolute atomic E-state index is 12.6. The van der Waals surface area contributed by atoms with Crippen LogP contribution in [0.3, 0.4) is 0 Å². The molecular weight excluding hydrogens is 324 g/mol. The molecule has 0 aliphatic rings. The highest BCUT2D eigenvalue weighted by Gasteiger charge is 2.22. The van der Waals surface area contributed by atoms with E-state index in [9.17, 15) is 9.59 Å². The molecule has 0 aliphatic heterocycles. The lowest BCUT2D eigenvalue weighted by Crippen LogP contribution is -2.10. The number of hydrogen-bond acceptors (Lipinski definition) is 5. The van der Waals surface area contributed by atoms with Crippen molar-refractivity contribution in [1.29, 1.82) is 0 Å². The molecule has 0 radical (unpaired) electrons. The number of hydrogen-bond donors (Lipinski definition) is 0. The second kappa shape index (κ2) is 9.13. The average Bonchev–Trinajstić information content (AvgIpc) is 2.65. The van der Waals surface area contributed by atoms with E-state index in [-0.39, 0.29) is 29.2 Å². The topological polar surface area (TPSA) is 52.6 Å². The minimum atomic E-state index is -0.313. The number of methoxy groups -OCH3 is 2. The zero-order chi connectivity index (χ0) is 17.4. The van der Waals surface area contributed by atoms with Crippen molar-refractivity contribution in [1.82, 2.24) is 0 Å². The lowest BCUT2D eigenvalue weighted by atomic mass is 10.0. The molecule has 0 fully saturated rings. The van der Waals surface area contributed by atoms with Gasteiger partial charge in [0.05, 0.1) is 20.0 Å². The Morgan fingerprint density at radius 2 is 1.67 bits per heavy atom. The number of thioether (sulfide) groups is 1. The van der Waals surface area contributed by atoms with Crippen LogP contribution in [0.4, 0.5) is 0 Å². The van der Waals surface area contributed by atoms with Crippen molar-refractivity contribution in [2.75, 3.05) is 20.0 Å². The predicted octanol–water partition coefficient (Wildman–Crippen LogP) is 3.92. The van der Waals surface area contributed by atoms with Gasteiger partial charge < -0.3 is 9.47 Å². The van der Waals surface area contributed by atoms with Gasteiger partial charge in [-0.2, -0.15) is 0 Å². The van der Waals surface area contributed by atoms with Gasteiger partial charge in [-0.3, -0.25) is 9.59 Å². The standard InChI is InChI=1S/C19H20O4S/c1-22-17-11-7-6-10-15(17)18(24-13-19(21)23-2)12-16(20)14-8-4-3-5-9-14/h3-11,18H,12-13H2,1-2H3. The van der Waals surface area contributed by atoms with Crippen molar-refractivity contribution in [3.8, 4) is 5.75 Å². The summed E-state index contributed by atoms with van der Waals surface area (Å²) in [6.07, 6.45) is 0.284. The zero-order valence-electron chi connectivity index (χ0n) is 13.7. The van der Waals surface area contributed by atoms with Gasteiger partial charge in [0.2, 0.25) is 0 Å². The van der Waals surface area contributed by atoms with E-state index < -0.39 is 0 Å². The van der Waals surface area contributed by atoms with E-state index in [1.807, 2.05) is 42.5 Å². The molecule has 0 saturated heterocycles. The third kappa shape index (κ3) is 4.86. The van der Waals surface area contributed by atoms with E-state index in [1.165, 1.54) is 18.9 Å². The van der Waals surface area contributed by atoms with E-state index in [0.29, 0.717) is 11.3 Å². The Labute approximate surface area is 146 Å². The molecule has 126 valence electrons. The number of carbonyl (C=O) groups is 2. The molecule has 2 aromatic carbocycles. The Hall–Kier alpha value is -2.27. The Morgan fingerprint density at radius 3 is 2.33 bits per heavy atom. The lowest BCUT2D eigenvalue weighted by molar-refractivity contribution is -0.137. The van der Waals surface area contributed by atoms with Gasteiger partial charge in [0.1, 0.15) is 5.75 Å². The number of benzene rings is 2. The van der Waals surface area contributed by atoms with Crippen molar-refractivity contribution in [3.05, 3.63) is 65.7 Å². The van der Waals surface area contributed by atoms with Crippen LogP contribution in [-0.4, -0.2) is 31.7 Å². The molecule has 0 heterocycles. The van der Waals surface area contributed by atoms with Crippen LogP contribution in [0.1, 0.15) is 27.6 Å². The summed E-state index contributed by atoms with van der Waals surface area (Å²) in [5.74, 6) is 0.609. The number of ketones is 1. The Bertz CT molecular complexity index is 685. The molecule has 5 heteroatoms. The number of esters is 1. The second-order valence-corrected chi connectivity index (χ2v) is 6.30. The summed E-state index contributed by atoms with van der Waals surface area (Å²) in [5.41, 5.74) is 1.56. The van der Waals surface area contributed by atoms with Crippen molar-refractivity contribution in [2.45, 2.75) is 11.7 Å². The molecule has 1 unspecified atom stereocenters. The molecule has 0 N–H and O–H groups in total. The largest absolute Gasteiger partial charge is 0.496 e. The van der Waals surface area contributed by atoms with Crippen LogP contribution >= 0.6 is 11.8 Å². The Kier molecular flexibility index (Phi) is 6.88. The highest BCUT2D eigenvalue weighted by molar-refractivity contribution is 8.00. The number of Topliss-reactive ketones (excluding diaryl/α,β-unsaturated/α-hetero) is 1. The van der Waals surface area contributed by atoms with Crippen LogP contribution in [-0.2, 0) is 9.53 Å². The normalized spacial score (nSPS) is 11.6. The Balaban J connectivity index is 2.22. The Morgan fingerprint density at radius 1 is 1.00 bits per heavy atom. The molecule has 0 aliphatic carbocycles. The third-order valence-corrected chi connectivity index (χ3v) is 4.81. The fourth-order valence-corrected chi connectivity index (χ4v) is 3.43. The molecule has 2 rings (SSSR count). The monoisotopic (exact) mass is 344 g/mol. The molecule has 4 nitrogen and oxygen atoms in total. The van der Waals surface area contributed by atoms with Crippen LogP contribution in [0.25, 0.3) is 0 Å². The van der Waals surface area contributed by atoms with E-state index >= 15 is 0 Å². The SMILES string of the molecule is COC(=O)CSC(CC(=O)c1ccccc1)c1ccccc1OC. The first-order valence-corrected chi connectivity index (χ1v) is 8.60. The molecule has 0 amide bonds. The quantitative estimate of drug-likeness (QED) is 0.537. The molecule has 0 bridgehead atoms. The summed E-state index contributed by atoms with van der Waals surface area (Å²) in [6, 6.07) is 16.7. The van der Waals surface area contributed by atoms with E-state index in [1.54, 1.807) is 19.2 Å². The molecule has 2 aromatic rings. The minimum Gasteiger partial charge on any atom is -0.496 e. The minimum absolute atomic E-state index is 0.0314. The first-order valence-electron chi connectivity index (χ1n) is 7.55. The van der Waals surface area contributed by atoms with Crippen LogP contribution < -0.4 is 4.74 Å². The zero-order valence-corrected chi connectivity index (χ0v) is 14.5. The van der Waals surface area contributed by atoms with Crippen molar-refractivity contribution in [3.63, 3.8) is 0 Å². The number of rotatable bonds is 8. The van der Waals surface area contributed by atoms with Crippen LogP contribution in [0.15, 0.2) is 54.6 Å². The highest BCUT2D eigenvalue weighted by atomic mass is 32.2. The van der Waals surface area contributed by atoms with Crippen molar-refractivity contribution >= 4 is 23.5 Å². The van der Waals surface area contributed by atoms with Gasteiger partial charge in [0.25, 0.3) is 0 Å². The second-order valence-electron chi connectivity index (χ2n) is 5.11. The van der Waals surface area contributed by atoms with Crippen molar-refractivity contribution in [2.24, 2.45) is 0 Å². The van der Waals surface area contributed by atoms with Gasteiger partial charge >= 0.3 is 5.97 Å². The number of carbonyl (C=O) groups excluding carboxylic acids is 2. The van der Waals surface area contributed by atoms with E-state index in [0.717, 1.165) is 5.56 Å². The molecule has 0 saturated carbocycles. The molecule has 0 spiro atoms. The molecule has 1 atom stereocenters. The van der Waals surface area contributed by atoms with Crippen LogP contribution in [0, 0.1) is 0 Å². The molecular formula is C19H20O4S. The summed E-state index contributed by atoms with van der Waals surface area (Å²) in [6.45, 7) is 0. The van der Waals surface area contributed by atoms with Gasteiger partial charge in [-0.05, 0) is 6.07 Å². The lowest BCUT2D eigenvalue weighted by Gasteiger charge is -2.18. The van der Waals surface area contributed by atoms with E-state index in [2.05, 4.69) is 0 Å².